The van der Waals surface area contributed by atoms with Crippen LogP contribution < -0.4 is 4.74 Å². The average Bonchev–Trinajstić information content (AvgIpc) is 3.03. The molecule has 0 spiro atoms. The molecule has 0 N–H and O–H groups in total. The van der Waals surface area contributed by atoms with E-state index in [4.69, 9.17) is 4.74 Å². The average molecular weight is 272 g/mol. The summed E-state index contributed by atoms with van der Waals surface area (Å²) < 4.78 is 16.3. The Morgan fingerprint density at radius 1 is 0.842 bits per heavy atom. The molecule has 0 radical (unpaired) electrons. The zero-order valence-corrected chi connectivity index (χ0v) is 11.5. The number of para-hydroxylation sites is 1. The maximum atomic E-state index is 11.0. The summed E-state index contributed by atoms with van der Waals surface area (Å²) in [5, 5.41) is 0. The third-order valence-electron chi connectivity index (χ3n) is 3.35. The Kier molecular flexibility index (Phi) is 3.65. The van der Waals surface area contributed by atoms with Crippen LogP contribution in [0.25, 0.3) is 0 Å². The molecule has 2 nitrogen and oxygen atoms in total. The van der Waals surface area contributed by atoms with Crippen molar-refractivity contribution < 1.29 is 8.95 Å². The predicted octanol–water partition coefficient (Wildman–Crippen LogP) is 3.07. The van der Waals surface area contributed by atoms with Crippen LogP contribution in [0.1, 0.15) is 16.7 Å². The number of hydrogen-bond acceptors (Lipinski definition) is 2. The van der Waals surface area contributed by atoms with Gasteiger partial charge < -0.3 is 4.74 Å². The lowest BCUT2D eigenvalue weighted by molar-refractivity contribution is 0.357. The molecule has 2 aromatic rings. The predicted molar refractivity (Wildman–Crippen MR) is 77.6 cm³/mol. The van der Waals surface area contributed by atoms with E-state index in [1.165, 1.54) is 16.7 Å². The first kappa shape index (κ1) is 12.4. The molecule has 4 rings (SSSR count). The molecule has 0 aromatic heterocycles. The van der Waals surface area contributed by atoms with Gasteiger partial charge in [0.25, 0.3) is 0 Å². The van der Waals surface area contributed by atoms with Gasteiger partial charge in [-0.1, -0.05) is 42.5 Å². The highest BCUT2D eigenvalue weighted by molar-refractivity contribution is 7.83. The fourth-order valence-corrected chi connectivity index (χ4v) is 3.72. The molecule has 19 heavy (non-hydrogen) atoms. The van der Waals surface area contributed by atoms with E-state index in [1.807, 2.05) is 30.3 Å². The minimum absolute atomic E-state index is 0.619. The van der Waals surface area contributed by atoms with Crippen LogP contribution in [0.4, 0.5) is 0 Å². The third kappa shape index (κ3) is 2.87. The standard InChI is InChI=1S/C8H8OS.C8H8O/c9-10-5-7-3-1-2-4-8(7)6-10;1-2-4-8-7(3-1)5-6-9-8/h1-4H,5-6H2;1-4H,5-6H2. The van der Waals surface area contributed by atoms with E-state index in [1.54, 1.807) is 0 Å². The molecule has 0 saturated carbocycles. The Bertz CT molecular complexity index is 557. The smallest absolute Gasteiger partial charge is 0.122 e. The number of rotatable bonds is 0. The van der Waals surface area contributed by atoms with Crippen LogP contribution in [0.3, 0.4) is 0 Å². The summed E-state index contributed by atoms with van der Waals surface area (Å²) in [5.41, 5.74) is 3.87. The highest BCUT2D eigenvalue weighted by Crippen LogP contribution is 2.23. The lowest BCUT2D eigenvalue weighted by atomic mass is 10.1. The molecular weight excluding hydrogens is 256 g/mol. The molecule has 0 saturated heterocycles. The van der Waals surface area contributed by atoms with E-state index in [2.05, 4.69) is 18.2 Å². The molecule has 2 aliphatic rings. The van der Waals surface area contributed by atoms with Gasteiger partial charge in [0.2, 0.25) is 0 Å². The monoisotopic (exact) mass is 272 g/mol. The van der Waals surface area contributed by atoms with Crippen molar-refractivity contribution >= 4 is 10.8 Å². The summed E-state index contributed by atoms with van der Waals surface area (Å²) in [6.07, 6.45) is 1.08. The van der Waals surface area contributed by atoms with Crippen molar-refractivity contribution in [2.24, 2.45) is 0 Å². The van der Waals surface area contributed by atoms with Crippen LogP contribution in [0.2, 0.25) is 0 Å². The molecular formula is C16H16O2S. The Hall–Kier alpha value is -1.61. The van der Waals surface area contributed by atoms with Gasteiger partial charge in [0.05, 0.1) is 6.61 Å². The minimum Gasteiger partial charge on any atom is -0.493 e. The van der Waals surface area contributed by atoms with E-state index in [9.17, 15) is 4.21 Å². The van der Waals surface area contributed by atoms with Crippen LogP contribution in [0.5, 0.6) is 5.75 Å². The van der Waals surface area contributed by atoms with Crippen molar-refractivity contribution in [2.75, 3.05) is 6.61 Å². The molecule has 2 aromatic carbocycles. The fraction of sp³-hybridized carbons (Fsp3) is 0.250. The van der Waals surface area contributed by atoms with Crippen molar-refractivity contribution in [3.05, 3.63) is 65.2 Å². The van der Waals surface area contributed by atoms with Gasteiger partial charge in [-0.15, -0.1) is 0 Å². The Labute approximate surface area is 115 Å². The quantitative estimate of drug-likeness (QED) is 0.736. The molecule has 0 atom stereocenters. The molecule has 0 amide bonds. The Morgan fingerprint density at radius 2 is 1.42 bits per heavy atom. The summed E-state index contributed by atoms with van der Waals surface area (Å²) in [6, 6.07) is 16.3. The van der Waals surface area contributed by atoms with Crippen molar-refractivity contribution in [1.82, 2.24) is 0 Å². The number of hydrogen-bond donors (Lipinski definition) is 0. The van der Waals surface area contributed by atoms with Crippen molar-refractivity contribution in [3.8, 4) is 5.75 Å². The van der Waals surface area contributed by atoms with Gasteiger partial charge in [-0.05, 0) is 22.8 Å². The van der Waals surface area contributed by atoms with E-state index in [0.717, 1.165) is 30.3 Å². The van der Waals surface area contributed by atoms with E-state index >= 15 is 0 Å². The van der Waals surface area contributed by atoms with Gasteiger partial charge in [-0.3, -0.25) is 4.21 Å². The largest absolute Gasteiger partial charge is 0.493 e. The lowest BCUT2D eigenvalue weighted by Gasteiger charge is -1.93. The van der Waals surface area contributed by atoms with Gasteiger partial charge in [0.1, 0.15) is 5.75 Å². The number of fused-ring (bicyclic) bond motifs is 2. The van der Waals surface area contributed by atoms with Crippen LogP contribution in [0.15, 0.2) is 48.5 Å². The second kappa shape index (κ2) is 5.57. The van der Waals surface area contributed by atoms with Gasteiger partial charge in [0, 0.05) is 28.7 Å². The first-order valence-corrected chi connectivity index (χ1v) is 7.94. The summed E-state index contributed by atoms with van der Waals surface area (Å²) in [6.45, 7) is 0.860. The molecule has 0 aliphatic carbocycles. The van der Waals surface area contributed by atoms with Gasteiger partial charge in [-0.2, -0.15) is 0 Å². The summed E-state index contributed by atoms with van der Waals surface area (Å²) in [4.78, 5) is 0. The molecule has 2 heterocycles. The highest BCUT2D eigenvalue weighted by Gasteiger charge is 2.14. The second-order valence-electron chi connectivity index (χ2n) is 4.70. The molecule has 0 bridgehead atoms. The molecule has 0 fully saturated rings. The summed E-state index contributed by atoms with van der Waals surface area (Å²) in [7, 11) is -0.619. The van der Waals surface area contributed by atoms with Gasteiger partial charge in [-0.25, -0.2) is 0 Å². The second-order valence-corrected chi connectivity index (χ2v) is 6.16. The first-order chi connectivity index (χ1) is 9.33. The Morgan fingerprint density at radius 3 is 2.05 bits per heavy atom. The van der Waals surface area contributed by atoms with Crippen molar-refractivity contribution in [3.63, 3.8) is 0 Å². The molecule has 3 heteroatoms. The number of benzene rings is 2. The summed E-state index contributed by atoms with van der Waals surface area (Å²) in [5.74, 6) is 2.59. The van der Waals surface area contributed by atoms with Crippen LogP contribution in [0, 0.1) is 0 Å². The zero-order chi connectivity index (χ0) is 13.1. The summed E-state index contributed by atoms with van der Waals surface area (Å²) >= 11 is 0. The highest BCUT2D eigenvalue weighted by atomic mass is 32.2. The normalized spacial score (nSPS) is 16.0. The first-order valence-electron chi connectivity index (χ1n) is 6.45. The maximum absolute atomic E-state index is 11.0. The van der Waals surface area contributed by atoms with E-state index in [-0.39, 0.29) is 0 Å². The molecule has 0 unspecified atom stereocenters. The zero-order valence-electron chi connectivity index (χ0n) is 10.7. The third-order valence-corrected chi connectivity index (χ3v) is 4.62. The van der Waals surface area contributed by atoms with Crippen LogP contribution >= 0.6 is 0 Å². The van der Waals surface area contributed by atoms with Crippen molar-refractivity contribution in [1.29, 1.82) is 0 Å². The Balaban J connectivity index is 0.000000117. The fourth-order valence-electron chi connectivity index (χ4n) is 2.36. The van der Waals surface area contributed by atoms with Gasteiger partial charge >= 0.3 is 0 Å². The van der Waals surface area contributed by atoms with Gasteiger partial charge in [0.15, 0.2) is 0 Å². The lowest BCUT2D eigenvalue weighted by Crippen LogP contribution is -1.85. The van der Waals surface area contributed by atoms with Crippen LogP contribution in [-0.2, 0) is 28.7 Å². The molecule has 2 aliphatic heterocycles. The van der Waals surface area contributed by atoms with Crippen LogP contribution in [-0.4, -0.2) is 10.8 Å². The van der Waals surface area contributed by atoms with E-state index < -0.39 is 10.8 Å². The number of ether oxygens (including phenoxy) is 1. The van der Waals surface area contributed by atoms with Crippen molar-refractivity contribution in [2.45, 2.75) is 17.9 Å². The SMILES string of the molecule is O=S1Cc2ccccc2C1.c1ccc2c(c1)CCO2. The van der Waals surface area contributed by atoms with E-state index in [0.29, 0.717) is 0 Å². The minimum atomic E-state index is -0.619. The molecule has 98 valence electrons. The maximum Gasteiger partial charge on any atom is 0.122 e. The topological polar surface area (TPSA) is 26.3 Å².